The molecule has 0 spiro atoms. The van der Waals surface area contributed by atoms with Crippen LogP contribution in [-0.4, -0.2) is 21.7 Å². The van der Waals surface area contributed by atoms with Crippen LogP contribution in [0.15, 0.2) is 54.7 Å². The van der Waals surface area contributed by atoms with Crippen LogP contribution in [0.1, 0.15) is 22.7 Å². The highest BCUT2D eigenvalue weighted by Crippen LogP contribution is 2.31. The average Bonchev–Trinajstić information content (AvgIpc) is 3.06. The Bertz CT molecular complexity index is 913. The van der Waals surface area contributed by atoms with Crippen molar-refractivity contribution in [3.05, 3.63) is 71.4 Å². The predicted octanol–water partition coefficient (Wildman–Crippen LogP) is 2.50. The van der Waals surface area contributed by atoms with Crippen LogP contribution in [0, 0.1) is 0 Å². The van der Waals surface area contributed by atoms with Crippen molar-refractivity contribution in [3.8, 4) is 0 Å². The van der Waals surface area contributed by atoms with Crippen molar-refractivity contribution in [2.75, 3.05) is 0 Å². The van der Waals surface area contributed by atoms with E-state index in [9.17, 15) is 9.90 Å². The van der Waals surface area contributed by atoms with E-state index >= 15 is 0 Å². The number of aromatic nitrogens is 1. The molecule has 1 amide bonds. The van der Waals surface area contributed by atoms with Crippen LogP contribution in [0.2, 0.25) is 0 Å². The smallest absolute Gasteiger partial charge is 0.225 e. The number of carbonyl (C=O) groups is 1. The van der Waals surface area contributed by atoms with Crippen LogP contribution < -0.4 is 5.32 Å². The molecule has 1 aromatic heterocycles. The number of hydrogen-bond acceptors (Lipinski definition) is 2. The van der Waals surface area contributed by atoms with E-state index in [1.54, 1.807) is 0 Å². The topological polar surface area (TPSA) is 54.3 Å². The first-order chi connectivity index (χ1) is 11.6. The summed E-state index contributed by atoms with van der Waals surface area (Å²) in [5.41, 5.74) is 4.26. The van der Waals surface area contributed by atoms with Gasteiger partial charge in [0.1, 0.15) is 0 Å². The van der Waals surface area contributed by atoms with Gasteiger partial charge in [-0.05, 0) is 22.8 Å². The van der Waals surface area contributed by atoms with E-state index in [4.69, 9.17) is 0 Å². The zero-order valence-corrected chi connectivity index (χ0v) is 13.6. The summed E-state index contributed by atoms with van der Waals surface area (Å²) in [6.45, 7) is 0. The molecule has 122 valence electrons. The lowest BCUT2D eigenvalue weighted by Crippen LogP contribution is -2.34. The van der Waals surface area contributed by atoms with Crippen molar-refractivity contribution in [2.24, 2.45) is 7.05 Å². The lowest BCUT2D eigenvalue weighted by Gasteiger charge is -2.17. The van der Waals surface area contributed by atoms with Gasteiger partial charge in [0.15, 0.2) is 0 Å². The average molecular weight is 320 g/mol. The summed E-state index contributed by atoms with van der Waals surface area (Å²) < 4.78 is 2.04. The van der Waals surface area contributed by atoms with Crippen molar-refractivity contribution in [1.29, 1.82) is 0 Å². The molecule has 0 radical (unpaired) electrons. The summed E-state index contributed by atoms with van der Waals surface area (Å²) in [6, 6.07) is 15.7. The molecule has 2 N–H and O–H groups in total. The molecule has 2 aromatic carbocycles. The van der Waals surface area contributed by atoms with Crippen molar-refractivity contribution in [3.63, 3.8) is 0 Å². The number of carbonyl (C=O) groups excluding carboxylic acids is 1. The first-order valence-electron chi connectivity index (χ1n) is 8.21. The van der Waals surface area contributed by atoms with Gasteiger partial charge in [0, 0.05) is 30.6 Å². The van der Waals surface area contributed by atoms with Gasteiger partial charge in [-0.15, -0.1) is 0 Å². The fourth-order valence-electron chi connectivity index (χ4n) is 3.71. The van der Waals surface area contributed by atoms with Gasteiger partial charge in [0.05, 0.1) is 18.6 Å². The molecule has 1 aliphatic rings. The Kier molecular flexibility index (Phi) is 3.62. The number of para-hydroxylation sites is 1. The highest BCUT2D eigenvalue weighted by Gasteiger charge is 2.31. The number of benzene rings is 2. The molecule has 1 heterocycles. The highest BCUT2D eigenvalue weighted by atomic mass is 16.3. The van der Waals surface area contributed by atoms with Gasteiger partial charge in [-0.1, -0.05) is 42.5 Å². The van der Waals surface area contributed by atoms with Gasteiger partial charge in [-0.2, -0.15) is 0 Å². The SMILES string of the molecule is Cn1cc(CC(=O)NC2c3ccccc3CC2O)c2ccccc21. The quantitative estimate of drug-likeness (QED) is 0.779. The second-order valence-electron chi connectivity index (χ2n) is 6.47. The van der Waals surface area contributed by atoms with Crippen molar-refractivity contribution in [1.82, 2.24) is 9.88 Å². The van der Waals surface area contributed by atoms with Crippen LogP contribution in [0.4, 0.5) is 0 Å². The summed E-state index contributed by atoms with van der Waals surface area (Å²) in [5.74, 6) is -0.0629. The molecular weight excluding hydrogens is 300 g/mol. The minimum absolute atomic E-state index is 0.0629. The lowest BCUT2D eigenvalue weighted by molar-refractivity contribution is -0.121. The Morgan fingerprint density at radius 1 is 1.21 bits per heavy atom. The van der Waals surface area contributed by atoms with Gasteiger partial charge < -0.3 is 15.0 Å². The maximum Gasteiger partial charge on any atom is 0.225 e. The molecule has 1 aliphatic carbocycles. The summed E-state index contributed by atoms with van der Waals surface area (Å²) in [5, 5.41) is 14.4. The Balaban J connectivity index is 1.55. The van der Waals surface area contributed by atoms with Crippen LogP contribution in [0.25, 0.3) is 10.9 Å². The molecule has 2 unspecified atom stereocenters. The standard InChI is InChI=1S/C20H20N2O2/c1-22-12-14(15-7-4-5-9-17(15)22)11-19(24)21-20-16-8-3-2-6-13(16)10-18(20)23/h2-9,12,18,20,23H,10-11H2,1H3,(H,21,24). The second-order valence-corrected chi connectivity index (χ2v) is 6.47. The van der Waals surface area contributed by atoms with E-state index in [0.29, 0.717) is 12.8 Å². The summed E-state index contributed by atoms with van der Waals surface area (Å²) in [7, 11) is 1.99. The van der Waals surface area contributed by atoms with Crippen LogP contribution in [-0.2, 0) is 24.7 Å². The Morgan fingerprint density at radius 2 is 1.96 bits per heavy atom. The largest absolute Gasteiger partial charge is 0.390 e. The number of amides is 1. The molecule has 2 atom stereocenters. The van der Waals surface area contributed by atoms with Gasteiger partial charge in [-0.3, -0.25) is 4.79 Å². The fourth-order valence-corrected chi connectivity index (χ4v) is 3.71. The molecule has 24 heavy (non-hydrogen) atoms. The highest BCUT2D eigenvalue weighted by molar-refractivity contribution is 5.89. The van der Waals surface area contributed by atoms with E-state index < -0.39 is 6.10 Å². The minimum atomic E-state index is -0.557. The molecule has 0 fully saturated rings. The first-order valence-corrected chi connectivity index (χ1v) is 8.21. The number of nitrogens with zero attached hydrogens (tertiary/aromatic N) is 1. The zero-order valence-electron chi connectivity index (χ0n) is 13.6. The minimum Gasteiger partial charge on any atom is -0.390 e. The van der Waals surface area contributed by atoms with Crippen LogP contribution >= 0.6 is 0 Å². The number of rotatable bonds is 3. The second kappa shape index (κ2) is 5.80. The molecule has 0 saturated heterocycles. The third-order valence-electron chi connectivity index (χ3n) is 4.85. The van der Waals surface area contributed by atoms with E-state index in [2.05, 4.69) is 5.32 Å². The normalized spacial score (nSPS) is 19.4. The molecule has 0 aliphatic heterocycles. The van der Waals surface area contributed by atoms with Gasteiger partial charge in [0.2, 0.25) is 5.91 Å². The molecular formula is C20H20N2O2. The van der Waals surface area contributed by atoms with Crippen molar-refractivity contribution in [2.45, 2.75) is 25.0 Å². The van der Waals surface area contributed by atoms with E-state index in [1.165, 1.54) is 0 Å². The molecule has 3 aromatic rings. The maximum atomic E-state index is 12.5. The lowest BCUT2D eigenvalue weighted by atomic mass is 10.1. The third kappa shape index (κ3) is 2.49. The number of nitrogens with one attached hydrogen (secondary N) is 1. The van der Waals surface area contributed by atoms with Crippen molar-refractivity contribution < 1.29 is 9.90 Å². The maximum absolute atomic E-state index is 12.5. The molecule has 0 bridgehead atoms. The van der Waals surface area contributed by atoms with Crippen molar-refractivity contribution >= 4 is 16.8 Å². The Morgan fingerprint density at radius 3 is 2.83 bits per heavy atom. The first kappa shape index (κ1) is 15.0. The number of hydrogen-bond donors (Lipinski definition) is 2. The summed E-state index contributed by atoms with van der Waals surface area (Å²) >= 11 is 0. The molecule has 4 rings (SSSR count). The van der Waals surface area contributed by atoms with Crippen LogP contribution in [0.5, 0.6) is 0 Å². The van der Waals surface area contributed by atoms with Crippen LogP contribution in [0.3, 0.4) is 0 Å². The summed E-state index contributed by atoms with van der Waals surface area (Å²) in [4.78, 5) is 12.5. The Hall–Kier alpha value is -2.59. The molecule has 4 nitrogen and oxygen atoms in total. The van der Waals surface area contributed by atoms with E-state index in [-0.39, 0.29) is 11.9 Å². The number of aliphatic hydroxyl groups excluding tert-OH is 1. The van der Waals surface area contributed by atoms with Gasteiger partial charge in [-0.25, -0.2) is 0 Å². The number of fused-ring (bicyclic) bond motifs is 2. The number of aliphatic hydroxyl groups is 1. The summed E-state index contributed by atoms with van der Waals surface area (Å²) in [6.07, 6.45) is 2.35. The van der Waals surface area contributed by atoms with Gasteiger partial charge in [0.25, 0.3) is 0 Å². The monoisotopic (exact) mass is 320 g/mol. The zero-order chi connectivity index (χ0) is 16.7. The third-order valence-corrected chi connectivity index (χ3v) is 4.85. The van der Waals surface area contributed by atoms with E-state index in [0.717, 1.165) is 27.6 Å². The fraction of sp³-hybridized carbons (Fsp3) is 0.250. The molecule has 0 saturated carbocycles. The van der Waals surface area contributed by atoms with E-state index in [1.807, 2.05) is 66.3 Å². The molecule has 4 heteroatoms. The predicted molar refractivity (Wildman–Crippen MR) is 93.7 cm³/mol. The van der Waals surface area contributed by atoms with Gasteiger partial charge >= 0.3 is 0 Å². The number of aryl methyl sites for hydroxylation is 1. The Labute approximate surface area is 140 Å².